The van der Waals surface area contributed by atoms with Gasteiger partial charge in [0.15, 0.2) is 5.13 Å². The molecular weight excluding hydrogens is 170 g/mol. The molecule has 0 aliphatic carbocycles. The lowest BCUT2D eigenvalue weighted by atomic mass is 10.2. The maximum Gasteiger partial charge on any atom is 0.187 e. The number of amidine groups is 1. The van der Waals surface area contributed by atoms with Gasteiger partial charge in [0.2, 0.25) is 0 Å². The SMILES string of the molecule is c1csc(NC2=NCCCC2)n1. The Bertz CT molecular complexity index is 266. The van der Waals surface area contributed by atoms with Crippen LogP contribution in [0.15, 0.2) is 16.6 Å². The Kier molecular flexibility index (Phi) is 2.36. The van der Waals surface area contributed by atoms with Crippen molar-refractivity contribution in [3.63, 3.8) is 0 Å². The normalized spacial score (nSPS) is 17.2. The van der Waals surface area contributed by atoms with Crippen molar-refractivity contribution in [2.75, 3.05) is 11.9 Å². The molecule has 0 amide bonds. The second-order valence-electron chi connectivity index (χ2n) is 2.75. The molecule has 1 N–H and O–H groups in total. The fraction of sp³-hybridized carbons (Fsp3) is 0.500. The minimum Gasteiger partial charge on any atom is -0.320 e. The molecule has 2 heterocycles. The van der Waals surface area contributed by atoms with E-state index in [2.05, 4.69) is 15.3 Å². The largest absolute Gasteiger partial charge is 0.320 e. The van der Waals surface area contributed by atoms with Crippen LogP contribution in [0.5, 0.6) is 0 Å². The quantitative estimate of drug-likeness (QED) is 0.720. The topological polar surface area (TPSA) is 37.3 Å². The highest BCUT2D eigenvalue weighted by Gasteiger charge is 2.05. The van der Waals surface area contributed by atoms with Gasteiger partial charge in [-0.15, -0.1) is 11.3 Å². The van der Waals surface area contributed by atoms with Crippen molar-refractivity contribution >= 4 is 22.3 Å². The Morgan fingerprint density at radius 1 is 1.42 bits per heavy atom. The zero-order valence-corrected chi connectivity index (χ0v) is 7.60. The second-order valence-corrected chi connectivity index (χ2v) is 3.64. The van der Waals surface area contributed by atoms with Gasteiger partial charge in [0, 0.05) is 24.5 Å². The molecule has 0 unspecified atom stereocenters. The summed E-state index contributed by atoms with van der Waals surface area (Å²) in [6.45, 7) is 0.966. The van der Waals surface area contributed by atoms with Crippen LogP contribution in [0.1, 0.15) is 19.3 Å². The Hall–Kier alpha value is -0.900. The molecule has 0 saturated heterocycles. The lowest BCUT2D eigenvalue weighted by Crippen LogP contribution is -2.15. The second kappa shape index (κ2) is 3.67. The number of thiazole rings is 1. The molecule has 0 atom stereocenters. The summed E-state index contributed by atoms with van der Waals surface area (Å²) in [6.07, 6.45) is 5.34. The molecule has 1 aliphatic heterocycles. The molecule has 1 aromatic rings. The summed E-state index contributed by atoms with van der Waals surface area (Å²) in [5.74, 6) is 1.09. The third kappa shape index (κ3) is 1.82. The van der Waals surface area contributed by atoms with Gasteiger partial charge in [-0.3, -0.25) is 4.99 Å². The number of nitrogens with one attached hydrogen (secondary N) is 1. The van der Waals surface area contributed by atoms with Crippen LogP contribution < -0.4 is 5.32 Å². The monoisotopic (exact) mass is 181 g/mol. The number of rotatable bonds is 1. The standard InChI is InChI=1S/C8H11N3S/c1-2-4-9-7(3-1)11-8-10-5-6-12-8/h5-6H,1-4H2,(H,9,10,11). The molecule has 2 rings (SSSR count). The van der Waals surface area contributed by atoms with E-state index in [0.29, 0.717) is 0 Å². The van der Waals surface area contributed by atoms with Crippen LogP contribution in [0, 0.1) is 0 Å². The van der Waals surface area contributed by atoms with Crippen molar-refractivity contribution in [2.24, 2.45) is 4.99 Å². The zero-order valence-electron chi connectivity index (χ0n) is 6.79. The summed E-state index contributed by atoms with van der Waals surface area (Å²) in [5.41, 5.74) is 0. The number of aliphatic imine (C=N–C) groups is 1. The molecule has 64 valence electrons. The van der Waals surface area contributed by atoms with Crippen molar-refractivity contribution in [3.05, 3.63) is 11.6 Å². The summed E-state index contributed by atoms with van der Waals surface area (Å²) in [6, 6.07) is 0. The molecular formula is C8H11N3S. The van der Waals surface area contributed by atoms with E-state index in [-0.39, 0.29) is 0 Å². The van der Waals surface area contributed by atoms with Gasteiger partial charge in [-0.25, -0.2) is 4.98 Å². The predicted molar refractivity (Wildman–Crippen MR) is 51.9 cm³/mol. The van der Waals surface area contributed by atoms with Crippen molar-refractivity contribution in [1.82, 2.24) is 4.98 Å². The first kappa shape index (κ1) is 7.73. The minimum atomic E-state index is 0.954. The van der Waals surface area contributed by atoms with Crippen LogP contribution in [0.25, 0.3) is 0 Å². The van der Waals surface area contributed by atoms with Crippen molar-refractivity contribution in [2.45, 2.75) is 19.3 Å². The Balaban J connectivity index is 1.98. The number of nitrogens with zero attached hydrogens (tertiary/aromatic N) is 2. The molecule has 0 radical (unpaired) electrons. The molecule has 0 spiro atoms. The average molecular weight is 181 g/mol. The molecule has 4 heteroatoms. The highest BCUT2D eigenvalue weighted by Crippen LogP contribution is 2.13. The molecule has 0 fully saturated rings. The van der Waals surface area contributed by atoms with Gasteiger partial charge in [-0.05, 0) is 12.8 Å². The Morgan fingerprint density at radius 2 is 2.42 bits per heavy atom. The lowest BCUT2D eigenvalue weighted by molar-refractivity contribution is 0.737. The molecule has 0 saturated carbocycles. The molecule has 0 aromatic carbocycles. The van der Waals surface area contributed by atoms with Gasteiger partial charge in [0.05, 0.1) is 0 Å². The van der Waals surface area contributed by atoms with Crippen LogP contribution in [0.3, 0.4) is 0 Å². The van der Waals surface area contributed by atoms with E-state index in [0.717, 1.165) is 23.9 Å². The third-order valence-corrected chi connectivity index (χ3v) is 2.50. The molecule has 1 aromatic heterocycles. The van der Waals surface area contributed by atoms with Crippen molar-refractivity contribution < 1.29 is 0 Å². The van der Waals surface area contributed by atoms with Crippen LogP contribution in [0.2, 0.25) is 0 Å². The summed E-state index contributed by atoms with van der Waals surface area (Å²) in [4.78, 5) is 8.51. The Labute approximate surface area is 75.6 Å². The summed E-state index contributed by atoms with van der Waals surface area (Å²) >= 11 is 1.61. The lowest BCUT2D eigenvalue weighted by Gasteiger charge is -2.11. The maximum absolute atomic E-state index is 4.38. The molecule has 3 nitrogen and oxygen atoms in total. The van der Waals surface area contributed by atoms with E-state index in [1.807, 2.05) is 5.38 Å². The number of hydrogen-bond acceptors (Lipinski definition) is 4. The number of anilines is 1. The molecule has 1 aliphatic rings. The van der Waals surface area contributed by atoms with Crippen molar-refractivity contribution in [3.8, 4) is 0 Å². The van der Waals surface area contributed by atoms with E-state index < -0.39 is 0 Å². The van der Waals surface area contributed by atoms with Gasteiger partial charge >= 0.3 is 0 Å². The fourth-order valence-corrected chi connectivity index (χ4v) is 1.76. The number of hydrogen-bond donors (Lipinski definition) is 1. The molecule has 0 bridgehead atoms. The zero-order chi connectivity index (χ0) is 8.23. The number of aromatic nitrogens is 1. The highest BCUT2D eigenvalue weighted by molar-refractivity contribution is 7.13. The Morgan fingerprint density at radius 3 is 3.08 bits per heavy atom. The highest BCUT2D eigenvalue weighted by atomic mass is 32.1. The summed E-state index contributed by atoms with van der Waals surface area (Å²) in [7, 11) is 0. The maximum atomic E-state index is 4.38. The summed E-state index contributed by atoms with van der Waals surface area (Å²) in [5, 5.41) is 6.14. The average Bonchev–Trinajstić information content (AvgIpc) is 2.59. The van der Waals surface area contributed by atoms with E-state index in [1.54, 1.807) is 17.5 Å². The van der Waals surface area contributed by atoms with Gasteiger partial charge in [-0.1, -0.05) is 0 Å². The van der Waals surface area contributed by atoms with E-state index >= 15 is 0 Å². The van der Waals surface area contributed by atoms with Crippen LogP contribution in [-0.4, -0.2) is 17.4 Å². The van der Waals surface area contributed by atoms with Crippen molar-refractivity contribution in [1.29, 1.82) is 0 Å². The van der Waals surface area contributed by atoms with Gasteiger partial charge in [-0.2, -0.15) is 0 Å². The first-order chi connectivity index (χ1) is 5.95. The van der Waals surface area contributed by atoms with E-state index in [9.17, 15) is 0 Å². The van der Waals surface area contributed by atoms with Crippen LogP contribution >= 0.6 is 11.3 Å². The first-order valence-electron chi connectivity index (χ1n) is 4.15. The molecule has 12 heavy (non-hydrogen) atoms. The smallest absolute Gasteiger partial charge is 0.187 e. The third-order valence-electron chi connectivity index (χ3n) is 1.81. The van der Waals surface area contributed by atoms with Crippen LogP contribution in [-0.2, 0) is 0 Å². The van der Waals surface area contributed by atoms with Gasteiger partial charge in [0.25, 0.3) is 0 Å². The van der Waals surface area contributed by atoms with Gasteiger partial charge < -0.3 is 5.32 Å². The van der Waals surface area contributed by atoms with Crippen LogP contribution in [0.4, 0.5) is 5.13 Å². The first-order valence-corrected chi connectivity index (χ1v) is 5.03. The predicted octanol–water partition coefficient (Wildman–Crippen LogP) is 2.14. The summed E-state index contributed by atoms with van der Waals surface area (Å²) < 4.78 is 0. The minimum absolute atomic E-state index is 0.954. The van der Waals surface area contributed by atoms with Gasteiger partial charge in [0.1, 0.15) is 5.84 Å². The van der Waals surface area contributed by atoms with E-state index in [4.69, 9.17) is 0 Å². The van der Waals surface area contributed by atoms with E-state index in [1.165, 1.54) is 12.8 Å². The fourth-order valence-electron chi connectivity index (χ4n) is 1.21.